The van der Waals surface area contributed by atoms with E-state index in [-0.39, 0.29) is 0 Å². The quantitative estimate of drug-likeness (QED) is 0.681. The van der Waals surface area contributed by atoms with E-state index in [0.29, 0.717) is 12.0 Å². The van der Waals surface area contributed by atoms with Crippen molar-refractivity contribution in [1.29, 1.82) is 0 Å². The van der Waals surface area contributed by atoms with Crippen molar-refractivity contribution in [2.75, 3.05) is 47.1 Å². The topological polar surface area (TPSA) is 47.7 Å². The number of hydrogen-bond acceptors (Lipinski definition) is 4. The number of ether oxygens (including phenoxy) is 2. The molecule has 0 aromatic rings. The Labute approximate surface area is 112 Å². The first-order valence-corrected chi connectivity index (χ1v) is 7.23. The van der Waals surface area contributed by atoms with Crippen LogP contribution in [-0.4, -0.2) is 58.0 Å². The van der Waals surface area contributed by atoms with Crippen LogP contribution in [0.5, 0.6) is 0 Å². The molecule has 4 nitrogen and oxygen atoms in total. The van der Waals surface area contributed by atoms with Crippen LogP contribution in [0.25, 0.3) is 0 Å². The highest BCUT2D eigenvalue weighted by Crippen LogP contribution is 2.25. The molecule has 0 amide bonds. The standard InChI is InChI=1S/C14H30N2O2/c1-17-10-8-16(9-11-18-2)12-14(15)13-6-4-3-5-7-13/h13-14H,3-12,15H2,1-2H3. The average Bonchev–Trinajstić information content (AvgIpc) is 2.42. The van der Waals surface area contributed by atoms with Gasteiger partial charge in [0.2, 0.25) is 0 Å². The van der Waals surface area contributed by atoms with E-state index in [1.54, 1.807) is 14.2 Å². The maximum Gasteiger partial charge on any atom is 0.0589 e. The lowest BCUT2D eigenvalue weighted by molar-refractivity contribution is 0.103. The van der Waals surface area contributed by atoms with Gasteiger partial charge in [0.05, 0.1) is 13.2 Å². The van der Waals surface area contributed by atoms with E-state index < -0.39 is 0 Å². The minimum absolute atomic E-state index is 0.305. The molecule has 18 heavy (non-hydrogen) atoms. The molecular formula is C14H30N2O2. The van der Waals surface area contributed by atoms with Crippen LogP contribution in [0.3, 0.4) is 0 Å². The van der Waals surface area contributed by atoms with Gasteiger partial charge in [-0.15, -0.1) is 0 Å². The normalized spacial score (nSPS) is 19.3. The summed E-state index contributed by atoms with van der Waals surface area (Å²) in [7, 11) is 3.49. The second-order valence-corrected chi connectivity index (χ2v) is 5.35. The maximum absolute atomic E-state index is 6.37. The summed E-state index contributed by atoms with van der Waals surface area (Å²) in [5.74, 6) is 0.714. The molecule has 0 spiro atoms. The summed E-state index contributed by atoms with van der Waals surface area (Å²) in [6.45, 7) is 4.39. The van der Waals surface area contributed by atoms with Gasteiger partial charge in [0, 0.05) is 39.9 Å². The summed E-state index contributed by atoms with van der Waals surface area (Å²) in [5.41, 5.74) is 6.37. The second kappa shape index (κ2) is 9.73. The maximum atomic E-state index is 6.37. The zero-order valence-electron chi connectivity index (χ0n) is 12.1. The Morgan fingerprint density at radius 1 is 1.06 bits per heavy atom. The molecule has 0 bridgehead atoms. The average molecular weight is 258 g/mol. The monoisotopic (exact) mass is 258 g/mol. The highest BCUT2D eigenvalue weighted by molar-refractivity contribution is 4.79. The van der Waals surface area contributed by atoms with Crippen molar-refractivity contribution >= 4 is 0 Å². The fourth-order valence-corrected chi connectivity index (χ4v) is 2.74. The van der Waals surface area contributed by atoms with Gasteiger partial charge >= 0.3 is 0 Å². The summed E-state index contributed by atoms with van der Waals surface area (Å²) in [6.07, 6.45) is 6.72. The number of hydrogen-bond donors (Lipinski definition) is 1. The molecule has 0 aromatic heterocycles. The van der Waals surface area contributed by atoms with Crippen LogP contribution >= 0.6 is 0 Å². The highest BCUT2D eigenvalue weighted by atomic mass is 16.5. The fraction of sp³-hybridized carbons (Fsp3) is 1.00. The Kier molecular flexibility index (Phi) is 8.59. The third-order valence-corrected chi connectivity index (χ3v) is 3.95. The third-order valence-electron chi connectivity index (χ3n) is 3.95. The molecule has 0 aliphatic heterocycles. The predicted molar refractivity (Wildman–Crippen MR) is 74.7 cm³/mol. The van der Waals surface area contributed by atoms with E-state index in [9.17, 15) is 0 Å². The number of nitrogens with two attached hydrogens (primary N) is 1. The third kappa shape index (κ3) is 6.14. The Morgan fingerprint density at radius 2 is 1.61 bits per heavy atom. The number of methoxy groups -OCH3 is 2. The van der Waals surface area contributed by atoms with Crippen molar-refractivity contribution in [3.8, 4) is 0 Å². The zero-order chi connectivity index (χ0) is 13.2. The van der Waals surface area contributed by atoms with Gasteiger partial charge in [0.1, 0.15) is 0 Å². The molecule has 1 aliphatic rings. The van der Waals surface area contributed by atoms with Crippen LogP contribution in [0.1, 0.15) is 32.1 Å². The molecule has 2 N–H and O–H groups in total. The van der Waals surface area contributed by atoms with E-state index >= 15 is 0 Å². The number of nitrogens with zero attached hydrogens (tertiary/aromatic N) is 1. The van der Waals surface area contributed by atoms with Gasteiger partial charge in [-0.1, -0.05) is 19.3 Å². The summed E-state index contributed by atoms with van der Waals surface area (Å²) >= 11 is 0. The molecule has 4 heteroatoms. The van der Waals surface area contributed by atoms with Crippen molar-refractivity contribution in [2.45, 2.75) is 38.1 Å². The van der Waals surface area contributed by atoms with Crippen molar-refractivity contribution in [2.24, 2.45) is 11.7 Å². The largest absolute Gasteiger partial charge is 0.383 e. The van der Waals surface area contributed by atoms with Crippen molar-refractivity contribution in [3.05, 3.63) is 0 Å². The molecule has 1 atom stereocenters. The van der Waals surface area contributed by atoms with Crippen molar-refractivity contribution < 1.29 is 9.47 Å². The fourth-order valence-electron chi connectivity index (χ4n) is 2.74. The van der Waals surface area contributed by atoms with E-state index in [4.69, 9.17) is 15.2 Å². The lowest BCUT2D eigenvalue weighted by Crippen LogP contribution is -2.45. The molecule has 108 valence electrons. The van der Waals surface area contributed by atoms with Crippen LogP contribution in [0.4, 0.5) is 0 Å². The molecule has 1 rings (SSSR count). The van der Waals surface area contributed by atoms with E-state index in [1.165, 1.54) is 32.1 Å². The highest BCUT2D eigenvalue weighted by Gasteiger charge is 2.22. The van der Waals surface area contributed by atoms with Crippen LogP contribution in [-0.2, 0) is 9.47 Å². The summed E-state index contributed by atoms with van der Waals surface area (Å²) < 4.78 is 10.3. The van der Waals surface area contributed by atoms with Gasteiger partial charge in [0.15, 0.2) is 0 Å². The van der Waals surface area contributed by atoms with E-state index in [0.717, 1.165) is 32.8 Å². The Hall–Kier alpha value is -0.160. The lowest BCUT2D eigenvalue weighted by atomic mass is 9.84. The molecule has 0 radical (unpaired) electrons. The van der Waals surface area contributed by atoms with Gasteiger partial charge in [-0.25, -0.2) is 0 Å². The van der Waals surface area contributed by atoms with Gasteiger partial charge in [-0.2, -0.15) is 0 Å². The first kappa shape index (κ1) is 15.9. The molecule has 0 saturated heterocycles. The zero-order valence-corrected chi connectivity index (χ0v) is 12.1. The van der Waals surface area contributed by atoms with E-state index in [2.05, 4.69) is 4.90 Å². The predicted octanol–water partition coefficient (Wildman–Crippen LogP) is 1.49. The van der Waals surface area contributed by atoms with Crippen LogP contribution in [0.2, 0.25) is 0 Å². The van der Waals surface area contributed by atoms with Crippen LogP contribution in [0.15, 0.2) is 0 Å². The smallest absolute Gasteiger partial charge is 0.0589 e. The molecule has 0 heterocycles. The summed E-state index contributed by atoms with van der Waals surface area (Å²) in [6, 6.07) is 0.305. The van der Waals surface area contributed by atoms with Gasteiger partial charge in [-0.05, 0) is 18.8 Å². The van der Waals surface area contributed by atoms with Gasteiger partial charge in [-0.3, -0.25) is 4.90 Å². The SMILES string of the molecule is COCCN(CCOC)CC(N)C1CCCCC1. The molecule has 0 aromatic carbocycles. The van der Waals surface area contributed by atoms with Crippen molar-refractivity contribution in [3.63, 3.8) is 0 Å². The Bertz CT molecular complexity index is 188. The lowest BCUT2D eigenvalue weighted by Gasteiger charge is -2.32. The van der Waals surface area contributed by atoms with Crippen molar-refractivity contribution in [1.82, 2.24) is 4.90 Å². The molecular weight excluding hydrogens is 228 g/mol. The second-order valence-electron chi connectivity index (χ2n) is 5.35. The minimum Gasteiger partial charge on any atom is -0.383 e. The van der Waals surface area contributed by atoms with Gasteiger partial charge in [0.25, 0.3) is 0 Å². The Balaban J connectivity index is 2.31. The first-order valence-electron chi connectivity index (χ1n) is 7.23. The van der Waals surface area contributed by atoms with Gasteiger partial charge < -0.3 is 15.2 Å². The molecule has 1 fully saturated rings. The molecule has 1 aliphatic carbocycles. The van der Waals surface area contributed by atoms with Crippen LogP contribution in [0, 0.1) is 5.92 Å². The van der Waals surface area contributed by atoms with Crippen LogP contribution < -0.4 is 5.73 Å². The molecule has 1 saturated carbocycles. The first-order chi connectivity index (χ1) is 8.77. The Morgan fingerprint density at radius 3 is 2.11 bits per heavy atom. The molecule has 1 unspecified atom stereocenters. The summed E-state index contributed by atoms with van der Waals surface area (Å²) in [4.78, 5) is 2.37. The number of rotatable bonds is 9. The minimum atomic E-state index is 0.305. The summed E-state index contributed by atoms with van der Waals surface area (Å²) in [5, 5.41) is 0. The van der Waals surface area contributed by atoms with E-state index in [1.807, 2.05) is 0 Å².